The minimum atomic E-state index is -0.508. The molecule has 0 spiro atoms. The number of halogens is 1. The summed E-state index contributed by atoms with van der Waals surface area (Å²) in [5.74, 6) is 0.854. The molecule has 0 heterocycles. The van der Waals surface area contributed by atoms with Gasteiger partial charge in [-0.25, -0.2) is 4.39 Å². The lowest BCUT2D eigenvalue weighted by Gasteiger charge is -2.12. The smallest absolute Gasteiger partial charge is 0.169 e. The maximum atomic E-state index is 13.4. The van der Waals surface area contributed by atoms with Gasteiger partial charge in [-0.2, -0.15) is 5.26 Å². The molecule has 0 saturated heterocycles. The summed E-state index contributed by atoms with van der Waals surface area (Å²) in [6.45, 7) is 2.59. The van der Waals surface area contributed by atoms with Gasteiger partial charge in [0, 0.05) is 6.07 Å². The first kappa shape index (κ1) is 13.9. The van der Waals surface area contributed by atoms with E-state index in [1.54, 1.807) is 18.2 Å². The Morgan fingerprint density at radius 2 is 1.90 bits per heavy atom. The SMILES string of the molecule is CCCOc1ccccc1Oc1cc(F)cc(C#N)c1. The number of ether oxygens (including phenoxy) is 2. The fourth-order valence-electron chi connectivity index (χ4n) is 1.68. The molecule has 20 heavy (non-hydrogen) atoms. The number of para-hydroxylation sites is 2. The molecular weight excluding hydrogens is 257 g/mol. The highest BCUT2D eigenvalue weighted by molar-refractivity contribution is 5.44. The van der Waals surface area contributed by atoms with E-state index in [0.717, 1.165) is 12.5 Å². The molecule has 0 bridgehead atoms. The van der Waals surface area contributed by atoms with Crippen molar-refractivity contribution in [3.63, 3.8) is 0 Å². The van der Waals surface area contributed by atoms with Crippen LogP contribution in [0, 0.1) is 17.1 Å². The van der Waals surface area contributed by atoms with Gasteiger partial charge in [-0.3, -0.25) is 0 Å². The molecule has 0 fully saturated rings. The van der Waals surface area contributed by atoms with Crippen molar-refractivity contribution in [2.75, 3.05) is 6.61 Å². The van der Waals surface area contributed by atoms with Gasteiger partial charge in [0.25, 0.3) is 0 Å². The molecule has 0 unspecified atom stereocenters. The second-order valence-corrected chi connectivity index (χ2v) is 4.18. The first-order valence-corrected chi connectivity index (χ1v) is 6.33. The quantitative estimate of drug-likeness (QED) is 0.815. The van der Waals surface area contributed by atoms with Crippen molar-refractivity contribution < 1.29 is 13.9 Å². The largest absolute Gasteiger partial charge is 0.490 e. The Balaban J connectivity index is 2.26. The van der Waals surface area contributed by atoms with Crippen LogP contribution in [0.2, 0.25) is 0 Å². The van der Waals surface area contributed by atoms with E-state index >= 15 is 0 Å². The van der Waals surface area contributed by atoms with Crippen molar-refractivity contribution in [1.82, 2.24) is 0 Å². The Morgan fingerprint density at radius 3 is 2.60 bits per heavy atom. The minimum absolute atomic E-state index is 0.215. The maximum Gasteiger partial charge on any atom is 0.169 e. The lowest BCUT2D eigenvalue weighted by Crippen LogP contribution is -1.97. The van der Waals surface area contributed by atoms with Crippen LogP contribution in [0.5, 0.6) is 17.2 Å². The summed E-state index contributed by atoms with van der Waals surface area (Å²) in [4.78, 5) is 0. The monoisotopic (exact) mass is 271 g/mol. The molecule has 0 atom stereocenters. The van der Waals surface area contributed by atoms with Gasteiger partial charge in [0.05, 0.1) is 18.2 Å². The van der Waals surface area contributed by atoms with Crippen LogP contribution in [-0.4, -0.2) is 6.61 Å². The molecule has 0 aliphatic heterocycles. The van der Waals surface area contributed by atoms with Gasteiger partial charge in [-0.1, -0.05) is 19.1 Å². The number of rotatable bonds is 5. The summed E-state index contributed by atoms with van der Waals surface area (Å²) in [5, 5.41) is 8.83. The summed E-state index contributed by atoms with van der Waals surface area (Å²) in [7, 11) is 0. The molecular formula is C16H14FNO2. The van der Waals surface area contributed by atoms with Crippen LogP contribution in [0.1, 0.15) is 18.9 Å². The van der Waals surface area contributed by atoms with Gasteiger partial charge < -0.3 is 9.47 Å². The first-order chi connectivity index (χ1) is 9.72. The topological polar surface area (TPSA) is 42.2 Å². The summed E-state index contributed by atoms with van der Waals surface area (Å²) in [6.07, 6.45) is 0.882. The molecule has 2 aromatic carbocycles. The molecule has 2 aromatic rings. The number of benzene rings is 2. The van der Waals surface area contributed by atoms with Gasteiger partial charge >= 0.3 is 0 Å². The highest BCUT2D eigenvalue weighted by Crippen LogP contribution is 2.32. The first-order valence-electron chi connectivity index (χ1n) is 6.33. The molecule has 0 N–H and O–H groups in total. The third-order valence-electron chi connectivity index (χ3n) is 2.54. The Bertz CT molecular complexity index is 635. The number of nitrogens with zero attached hydrogens (tertiary/aromatic N) is 1. The van der Waals surface area contributed by atoms with E-state index < -0.39 is 5.82 Å². The molecule has 0 radical (unpaired) electrons. The second kappa shape index (κ2) is 6.58. The van der Waals surface area contributed by atoms with Crippen LogP contribution in [0.15, 0.2) is 42.5 Å². The Labute approximate surface area is 117 Å². The molecule has 2 rings (SSSR count). The zero-order valence-electron chi connectivity index (χ0n) is 11.1. The van der Waals surface area contributed by atoms with Crippen LogP contribution in [-0.2, 0) is 0 Å². The summed E-state index contributed by atoms with van der Waals surface area (Å²) in [5.41, 5.74) is 0.215. The van der Waals surface area contributed by atoms with Gasteiger partial charge in [0.15, 0.2) is 11.5 Å². The van der Waals surface area contributed by atoms with Gasteiger partial charge in [-0.15, -0.1) is 0 Å². The Morgan fingerprint density at radius 1 is 1.15 bits per heavy atom. The number of nitriles is 1. The highest BCUT2D eigenvalue weighted by atomic mass is 19.1. The molecule has 0 amide bonds. The van der Waals surface area contributed by atoms with E-state index in [1.165, 1.54) is 12.1 Å². The summed E-state index contributed by atoms with van der Waals surface area (Å²) in [6, 6.07) is 12.9. The van der Waals surface area contributed by atoms with E-state index in [-0.39, 0.29) is 11.3 Å². The van der Waals surface area contributed by atoms with Crippen LogP contribution < -0.4 is 9.47 Å². The van der Waals surface area contributed by atoms with Gasteiger partial charge in [-0.05, 0) is 30.7 Å². The molecule has 4 heteroatoms. The maximum absolute atomic E-state index is 13.4. The number of hydrogen-bond acceptors (Lipinski definition) is 3. The fourth-order valence-corrected chi connectivity index (χ4v) is 1.68. The lowest BCUT2D eigenvalue weighted by atomic mass is 10.2. The van der Waals surface area contributed by atoms with Crippen LogP contribution in [0.4, 0.5) is 4.39 Å². The zero-order chi connectivity index (χ0) is 14.4. The van der Waals surface area contributed by atoms with E-state index in [9.17, 15) is 4.39 Å². The average molecular weight is 271 g/mol. The van der Waals surface area contributed by atoms with Gasteiger partial charge in [0.1, 0.15) is 11.6 Å². The van der Waals surface area contributed by atoms with Crippen molar-refractivity contribution in [3.05, 3.63) is 53.8 Å². The number of hydrogen-bond donors (Lipinski definition) is 0. The predicted octanol–water partition coefficient (Wildman–Crippen LogP) is 4.28. The van der Waals surface area contributed by atoms with Crippen molar-refractivity contribution in [2.45, 2.75) is 13.3 Å². The fraction of sp³-hybridized carbons (Fsp3) is 0.188. The normalized spacial score (nSPS) is 9.85. The molecule has 0 saturated carbocycles. The van der Waals surface area contributed by atoms with Crippen molar-refractivity contribution in [1.29, 1.82) is 5.26 Å². The van der Waals surface area contributed by atoms with Crippen LogP contribution >= 0.6 is 0 Å². The molecule has 0 aliphatic carbocycles. The van der Waals surface area contributed by atoms with Crippen molar-refractivity contribution in [2.24, 2.45) is 0 Å². The molecule has 0 aromatic heterocycles. The standard InChI is InChI=1S/C16H14FNO2/c1-2-7-19-15-5-3-4-6-16(15)20-14-9-12(11-18)8-13(17)10-14/h3-6,8-10H,2,7H2,1H3. The van der Waals surface area contributed by atoms with E-state index in [4.69, 9.17) is 14.7 Å². The van der Waals surface area contributed by atoms with Crippen molar-refractivity contribution >= 4 is 0 Å². The third-order valence-corrected chi connectivity index (χ3v) is 2.54. The lowest BCUT2D eigenvalue weighted by molar-refractivity contribution is 0.302. The molecule has 3 nitrogen and oxygen atoms in total. The van der Waals surface area contributed by atoms with Crippen molar-refractivity contribution in [3.8, 4) is 23.3 Å². The zero-order valence-corrected chi connectivity index (χ0v) is 11.1. The predicted molar refractivity (Wildman–Crippen MR) is 73.4 cm³/mol. The van der Waals surface area contributed by atoms with E-state index in [2.05, 4.69) is 0 Å². The summed E-state index contributed by atoms with van der Waals surface area (Å²) >= 11 is 0. The van der Waals surface area contributed by atoms with E-state index in [0.29, 0.717) is 18.1 Å². The van der Waals surface area contributed by atoms with Crippen LogP contribution in [0.25, 0.3) is 0 Å². The molecule has 0 aliphatic rings. The Kier molecular flexibility index (Phi) is 4.56. The minimum Gasteiger partial charge on any atom is -0.490 e. The highest BCUT2D eigenvalue weighted by Gasteiger charge is 2.07. The second-order valence-electron chi connectivity index (χ2n) is 4.18. The summed E-state index contributed by atoms with van der Waals surface area (Å²) < 4.78 is 24.5. The van der Waals surface area contributed by atoms with Crippen LogP contribution in [0.3, 0.4) is 0 Å². The molecule has 102 valence electrons. The Hall–Kier alpha value is -2.54. The third kappa shape index (κ3) is 3.48. The van der Waals surface area contributed by atoms with Gasteiger partial charge in [0.2, 0.25) is 0 Å². The van der Waals surface area contributed by atoms with E-state index in [1.807, 2.05) is 19.1 Å². The average Bonchev–Trinajstić information content (AvgIpc) is 2.45.